The second-order valence-electron chi connectivity index (χ2n) is 4.04. The average molecular weight is 339 g/mol. The summed E-state index contributed by atoms with van der Waals surface area (Å²) in [5, 5.41) is 5.96. The summed E-state index contributed by atoms with van der Waals surface area (Å²) in [6.07, 6.45) is 0.855. The Morgan fingerprint density at radius 3 is 2.84 bits per heavy atom. The first-order valence-electron chi connectivity index (χ1n) is 5.99. The highest BCUT2D eigenvalue weighted by molar-refractivity contribution is 9.11. The molecule has 1 amide bonds. The fraction of sp³-hybridized carbons (Fsp3) is 0.214. The smallest absolute Gasteiger partial charge is 0.251 e. The van der Waals surface area contributed by atoms with E-state index in [0.717, 1.165) is 15.9 Å². The van der Waals surface area contributed by atoms with Crippen LogP contribution in [0, 0.1) is 0 Å². The zero-order valence-electron chi connectivity index (χ0n) is 10.6. The standard InChI is InChI=1S/C14H15BrN2OS/c1-16-11-4-2-3-10(9-11)14(18)17-8-7-12-5-6-13(15)19-12/h2-6,9,16H,7-8H2,1H3,(H,17,18). The van der Waals surface area contributed by atoms with Gasteiger partial charge >= 0.3 is 0 Å². The number of hydrogen-bond donors (Lipinski definition) is 2. The Labute approximate surface area is 125 Å². The number of thiophene rings is 1. The zero-order chi connectivity index (χ0) is 13.7. The summed E-state index contributed by atoms with van der Waals surface area (Å²) < 4.78 is 1.12. The molecule has 2 N–H and O–H groups in total. The van der Waals surface area contributed by atoms with Crippen molar-refractivity contribution >= 4 is 38.9 Å². The maximum atomic E-state index is 12.0. The molecule has 0 saturated heterocycles. The molecule has 1 aromatic carbocycles. The van der Waals surface area contributed by atoms with Crippen molar-refractivity contribution in [2.75, 3.05) is 18.9 Å². The van der Waals surface area contributed by atoms with Crippen molar-refractivity contribution in [1.29, 1.82) is 0 Å². The van der Waals surface area contributed by atoms with E-state index >= 15 is 0 Å². The van der Waals surface area contributed by atoms with Gasteiger partial charge in [-0.05, 0) is 52.7 Å². The summed E-state index contributed by atoms with van der Waals surface area (Å²) in [6.45, 7) is 0.648. The fourth-order valence-electron chi connectivity index (χ4n) is 1.70. The Morgan fingerprint density at radius 1 is 1.32 bits per heavy atom. The fourth-order valence-corrected chi connectivity index (χ4v) is 3.19. The first-order chi connectivity index (χ1) is 9.19. The molecule has 2 aromatic rings. The number of amides is 1. The van der Waals surface area contributed by atoms with Gasteiger partial charge in [-0.2, -0.15) is 0 Å². The lowest BCUT2D eigenvalue weighted by Gasteiger charge is -2.06. The molecule has 19 heavy (non-hydrogen) atoms. The van der Waals surface area contributed by atoms with Gasteiger partial charge in [0.1, 0.15) is 0 Å². The van der Waals surface area contributed by atoms with E-state index in [9.17, 15) is 4.79 Å². The van der Waals surface area contributed by atoms with E-state index in [1.54, 1.807) is 11.3 Å². The Kier molecular flexibility index (Phi) is 4.99. The minimum atomic E-state index is -0.0345. The van der Waals surface area contributed by atoms with Gasteiger partial charge in [-0.3, -0.25) is 4.79 Å². The van der Waals surface area contributed by atoms with Gasteiger partial charge in [0.2, 0.25) is 0 Å². The maximum absolute atomic E-state index is 12.0. The topological polar surface area (TPSA) is 41.1 Å². The lowest BCUT2D eigenvalue weighted by Crippen LogP contribution is -2.25. The first kappa shape index (κ1) is 14.1. The molecule has 0 saturated carbocycles. The predicted molar refractivity (Wildman–Crippen MR) is 84.0 cm³/mol. The monoisotopic (exact) mass is 338 g/mol. The van der Waals surface area contributed by atoms with Crippen LogP contribution in [-0.2, 0) is 6.42 Å². The number of benzene rings is 1. The molecule has 0 atom stereocenters. The van der Waals surface area contributed by atoms with Crippen molar-refractivity contribution in [2.24, 2.45) is 0 Å². The van der Waals surface area contributed by atoms with E-state index < -0.39 is 0 Å². The summed E-state index contributed by atoms with van der Waals surface area (Å²) in [7, 11) is 1.84. The van der Waals surface area contributed by atoms with E-state index in [0.29, 0.717) is 12.1 Å². The van der Waals surface area contributed by atoms with E-state index in [1.165, 1.54) is 4.88 Å². The number of halogens is 1. The van der Waals surface area contributed by atoms with Crippen LogP contribution in [0.1, 0.15) is 15.2 Å². The van der Waals surface area contributed by atoms with Gasteiger partial charge in [0, 0.05) is 29.7 Å². The highest BCUT2D eigenvalue weighted by atomic mass is 79.9. The molecule has 0 aliphatic carbocycles. The third-order valence-corrected chi connectivity index (χ3v) is 4.38. The number of carbonyl (C=O) groups is 1. The molecule has 0 aliphatic rings. The molecule has 0 bridgehead atoms. The molecule has 0 fully saturated rings. The van der Waals surface area contributed by atoms with Gasteiger partial charge in [0.05, 0.1) is 3.79 Å². The van der Waals surface area contributed by atoms with Crippen LogP contribution in [0.2, 0.25) is 0 Å². The minimum Gasteiger partial charge on any atom is -0.388 e. The van der Waals surface area contributed by atoms with E-state index in [2.05, 4.69) is 32.6 Å². The summed E-state index contributed by atoms with van der Waals surface area (Å²) in [6, 6.07) is 11.6. The van der Waals surface area contributed by atoms with Crippen LogP contribution < -0.4 is 10.6 Å². The van der Waals surface area contributed by atoms with Crippen LogP contribution in [0.25, 0.3) is 0 Å². The van der Waals surface area contributed by atoms with Gasteiger partial charge < -0.3 is 10.6 Å². The van der Waals surface area contributed by atoms with Crippen molar-refractivity contribution < 1.29 is 4.79 Å². The summed E-state index contributed by atoms with van der Waals surface area (Å²) in [5.74, 6) is -0.0345. The van der Waals surface area contributed by atoms with E-state index in [1.807, 2.05) is 37.4 Å². The third kappa shape index (κ3) is 4.08. The molecule has 100 valence electrons. The summed E-state index contributed by atoms with van der Waals surface area (Å²) in [5.41, 5.74) is 1.62. The van der Waals surface area contributed by atoms with Gasteiger partial charge in [-0.1, -0.05) is 6.07 Å². The van der Waals surface area contributed by atoms with Gasteiger partial charge in [-0.25, -0.2) is 0 Å². The second kappa shape index (κ2) is 6.73. The highest BCUT2D eigenvalue weighted by Gasteiger charge is 2.05. The van der Waals surface area contributed by atoms with Gasteiger partial charge in [0.25, 0.3) is 5.91 Å². The molecule has 5 heteroatoms. The van der Waals surface area contributed by atoms with Gasteiger partial charge in [0.15, 0.2) is 0 Å². The Hall–Kier alpha value is -1.33. The lowest BCUT2D eigenvalue weighted by atomic mass is 10.2. The summed E-state index contributed by atoms with van der Waals surface area (Å²) >= 11 is 5.13. The second-order valence-corrected chi connectivity index (χ2v) is 6.59. The normalized spacial score (nSPS) is 10.2. The van der Waals surface area contributed by atoms with Crippen molar-refractivity contribution in [3.05, 3.63) is 50.6 Å². The van der Waals surface area contributed by atoms with Crippen molar-refractivity contribution in [3.8, 4) is 0 Å². The zero-order valence-corrected chi connectivity index (χ0v) is 13.0. The number of nitrogens with one attached hydrogen (secondary N) is 2. The van der Waals surface area contributed by atoms with Gasteiger partial charge in [-0.15, -0.1) is 11.3 Å². The van der Waals surface area contributed by atoms with Crippen molar-refractivity contribution in [2.45, 2.75) is 6.42 Å². The SMILES string of the molecule is CNc1cccc(C(=O)NCCc2ccc(Br)s2)c1. The van der Waals surface area contributed by atoms with Crippen LogP contribution in [0.15, 0.2) is 40.2 Å². The molecule has 0 spiro atoms. The number of hydrogen-bond acceptors (Lipinski definition) is 3. The van der Waals surface area contributed by atoms with Crippen LogP contribution in [0.3, 0.4) is 0 Å². The van der Waals surface area contributed by atoms with Crippen LogP contribution >= 0.6 is 27.3 Å². The largest absolute Gasteiger partial charge is 0.388 e. The number of anilines is 1. The molecule has 1 aromatic heterocycles. The molecule has 0 radical (unpaired) electrons. The van der Waals surface area contributed by atoms with Crippen molar-refractivity contribution in [3.63, 3.8) is 0 Å². The molecular weight excluding hydrogens is 324 g/mol. The number of carbonyl (C=O) groups excluding carboxylic acids is 1. The molecule has 3 nitrogen and oxygen atoms in total. The van der Waals surface area contributed by atoms with E-state index in [4.69, 9.17) is 0 Å². The minimum absolute atomic E-state index is 0.0345. The maximum Gasteiger partial charge on any atom is 0.251 e. The molecular formula is C14H15BrN2OS. The van der Waals surface area contributed by atoms with Crippen LogP contribution in [-0.4, -0.2) is 19.5 Å². The lowest BCUT2D eigenvalue weighted by molar-refractivity contribution is 0.0954. The third-order valence-electron chi connectivity index (χ3n) is 2.70. The van der Waals surface area contributed by atoms with Crippen molar-refractivity contribution in [1.82, 2.24) is 5.32 Å². The van der Waals surface area contributed by atoms with Crippen LogP contribution in [0.5, 0.6) is 0 Å². The molecule has 1 heterocycles. The average Bonchev–Trinajstić information content (AvgIpc) is 2.84. The Balaban J connectivity index is 1.87. The Bertz CT molecular complexity index is 568. The van der Waals surface area contributed by atoms with Crippen LogP contribution in [0.4, 0.5) is 5.69 Å². The Morgan fingerprint density at radius 2 is 2.16 bits per heavy atom. The summed E-state index contributed by atoms with van der Waals surface area (Å²) in [4.78, 5) is 13.2. The molecule has 0 aliphatic heterocycles. The predicted octanol–water partition coefficient (Wildman–Crippen LogP) is 3.52. The highest BCUT2D eigenvalue weighted by Crippen LogP contribution is 2.22. The molecule has 0 unspecified atom stereocenters. The first-order valence-corrected chi connectivity index (χ1v) is 7.60. The number of rotatable bonds is 5. The van der Waals surface area contributed by atoms with E-state index in [-0.39, 0.29) is 5.91 Å². The molecule has 2 rings (SSSR count). The quantitative estimate of drug-likeness (QED) is 0.875.